The largest absolute Gasteiger partial charge is 0.497 e. The highest BCUT2D eigenvalue weighted by Crippen LogP contribution is 2.64. The quantitative estimate of drug-likeness (QED) is 0.643. The van der Waals surface area contributed by atoms with Gasteiger partial charge in [0.25, 0.3) is 0 Å². The molecule has 0 saturated heterocycles. The summed E-state index contributed by atoms with van der Waals surface area (Å²) in [6.45, 7) is 1.43. The summed E-state index contributed by atoms with van der Waals surface area (Å²) in [5, 5.41) is 5.57. The number of hydrogen-bond donors (Lipinski definition) is 2. The van der Waals surface area contributed by atoms with E-state index in [0.29, 0.717) is 29.0 Å². The third-order valence-corrected chi connectivity index (χ3v) is 7.11. The molecular weight excluding hydrogens is 421 g/mol. The minimum Gasteiger partial charge on any atom is -0.497 e. The molecule has 2 aromatic carbocycles. The molecule has 0 amide bonds. The lowest BCUT2D eigenvalue weighted by atomic mass is 9.78. The number of methoxy groups -OCH3 is 2. The van der Waals surface area contributed by atoms with Crippen molar-refractivity contribution in [3.05, 3.63) is 59.7 Å². The molecule has 0 aliphatic heterocycles. The van der Waals surface area contributed by atoms with Crippen LogP contribution in [-0.4, -0.2) is 40.4 Å². The maximum absolute atomic E-state index is 12.8. The first-order valence-corrected chi connectivity index (χ1v) is 11.0. The summed E-state index contributed by atoms with van der Waals surface area (Å²) < 4.78 is 23.0. The predicted octanol–water partition coefficient (Wildman–Crippen LogP) is 3.21. The molecule has 0 heterocycles. The Morgan fingerprint density at radius 3 is 1.65 bits per heavy atom. The molecular formula is C22H28NO7P. The molecule has 1 fully saturated rings. The summed E-state index contributed by atoms with van der Waals surface area (Å²) >= 11 is 0. The second kappa shape index (κ2) is 11.1. The van der Waals surface area contributed by atoms with Crippen molar-refractivity contribution in [3.8, 4) is 17.6 Å². The molecule has 4 N–H and O–H groups in total. The molecule has 1 atom stereocenters. The van der Waals surface area contributed by atoms with Crippen LogP contribution in [0.25, 0.3) is 0 Å². The Kier molecular flexibility index (Phi) is 9.41. The average Bonchev–Trinajstić information content (AvgIpc) is 3.12. The lowest BCUT2D eigenvalue weighted by molar-refractivity contribution is -0.120. The fraction of sp³-hybridized carbons (Fsp3) is 0.364. The van der Waals surface area contributed by atoms with E-state index in [9.17, 15) is 19.1 Å². The number of carbonyl (C=O) groups is 1. The third-order valence-electron chi connectivity index (χ3n) is 5.34. The van der Waals surface area contributed by atoms with Gasteiger partial charge >= 0.3 is 7.60 Å². The van der Waals surface area contributed by atoms with Crippen LogP contribution >= 0.6 is 7.60 Å². The Morgan fingerprint density at radius 1 is 1.00 bits per heavy atom. The van der Waals surface area contributed by atoms with E-state index >= 15 is 0 Å². The van der Waals surface area contributed by atoms with Crippen molar-refractivity contribution >= 4 is 13.4 Å². The lowest BCUT2D eigenvalue weighted by Crippen LogP contribution is -2.41. The third kappa shape index (κ3) is 5.33. The van der Waals surface area contributed by atoms with Crippen molar-refractivity contribution in [2.45, 2.75) is 37.3 Å². The van der Waals surface area contributed by atoms with E-state index in [0.717, 1.165) is 0 Å². The van der Waals surface area contributed by atoms with Crippen LogP contribution in [0.3, 0.4) is 0 Å². The molecule has 8 nitrogen and oxygen atoms in total. The van der Waals surface area contributed by atoms with Crippen molar-refractivity contribution in [2.75, 3.05) is 14.2 Å². The van der Waals surface area contributed by atoms with E-state index in [1.165, 1.54) is 6.92 Å². The van der Waals surface area contributed by atoms with Gasteiger partial charge in [0, 0.05) is 19.3 Å². The first-order chi connectivity index (χ1) is 14.2. The molecule has 0 unspecified atom stereocenters. The van der Waals surface area contributed by atoms with E-state index < -0.39 is 18.7 Å². The summed E-state index contributed by atoms with van der Waals surface area (Å²) in [6, 6.07) is 15.7. The van der Waals surface area contributed by atoms with Gasteiger partial charge in [-0.2, -0.15) is 5.26 Å². The summed E-state index contributed by atoms with van der Waals surface area (Å²) in [4.78, 5) is 33.4. The smallest absolute Gasteiger partial charge is 0.339 e. The summed E-state index contributed by atoms with van der Waals surface area (Å²) in [5.41, 5.74) is 1.33. The molecule has 0 spiro atoms. The highest BCUT2D eigenvalue weighted by Gasteiger charge is 2.60. The lowest BCUT2D eigenvalue weighted by Gasteiger charge is -2.37. The van der Waals surface area contributed by atoms with E-state index in [-0.39, 0.29) is 24.1 Å². The minimum atomic E-state index is -4.74. The van der Waals surface area contributed by atoms with Gasteiger partial charge in [0.2, 0.25) is 0 Å². The van der Waals surface area contributed by atoms with Crippen molar-refractivity contribution in [1.29, 1.82) is 5.26 Å². The topological polar surface area (TPSA) is 148 Å². The number of carbonyl (C=O) groups excluding carboxylic acids is 1. The van der Waals surface area contributed by atoms with E-state index in [1.54, 1.807) is 68.8 Å². The first-order valence-electron chi connectivity index (χ1n) is 9.42. The summed E-state index contributed by atoms with van der Waals surface area (Å²) in [6.07, 6.45) is 0.791. The number of hydrogen-bond acceptors (Lipinski definition) is 5. The maximum Gasteiger partial charge on any atom is 0.339 e. The van der Waals surface area contributed by atoms with Crippen molar-refractivity contribution in [2.24, 2.45) is 0 Å². The van der Waals surface area contributed by atoms with E-state index in [4.69, 9.17) is 14.7 Å². The maximum atomic E-state index is 12.8. The zero-order valence-corrected chi connectivity index (χ0v) is 18.6. The number of ether oxygens (including phenoxy) is 2. The Balaban J connectivity index is 0.00000113. The van der Waals surface area contributed by atoms with Gasteiger partial charge in [-0.25, -0.2) is 0 Å². The highest BCUT2D eigenvalue weighted by molar-refractivity contribution is 7.55. The van der Waals surface area contributed by atoms with Crippen molar-refractivity contribution in [1.82, 2.24) is 0 Å². The summed E-state index contributed by atoms with van der Waals surface area (Å²) in [7, 11) is -1.64. The number of ketones is 1. The van der Waals surface area contributed by atoms with Crippen LogP contribution < -0.4 is 9.47 Å². The number of nitrogens with zero attached hydrogens (tertiary/aromatic N) is 1. The van der Waals surface area contributed by atoms with Gasteiger partial charge in [0.15, 0.2) is 5.78 Å². The number of nitriles is 1. The highest BCUT2D eigenvalue weighted by atomic mass is 31.2. The predicted molar refractivity (Wildman–Crippen MR) is 116 cm³/mol. The zero-order valence-electron chi connectivity index (χ0n) is 17.7. The van der Waals surface area contributed by atoms with Crippen LogP contribution in [0.15, 0.2) is 48.5 Å². The fourth-order valence-corrected chi connectivity index (χ4v) is 5.51. The number of Topliss-reactive ketones (excluding diaryl/α,β-unsaturated/α-hetero) is 1. The first kappa shape index (κ1) is 26.3. The Morgan fingerprint density at radius 2 is 1.39 bits per heavy atom. The average molecular weight is 449 g/mol. The van der Waals surface area contributed by atoms with Crippen molar-refractivity contribution in [3.63, 3.8) is 0 Å². The monoisotopic (exact) mass is 449 g/mol. The molecule has 2 aromatic rings. The molecule has 0 radical (unpaired) electrons. The molecule has 1 aliphatic carbocycles. The van der Waals surface area contributed by atoms with E-state index in [2.05, 4.69) is 0 Å². The zero-order chi connectivity index (χ0) is 22.4. The van der Waals surface area contributed by atoms with Crippen LogP contribution in [0, 0.1) is 11.3 Å². The molecule has 31 heavy (non-hydrogen) atoms. The van der Waals surface area contributed by atoms with E-state index in [1.807, 2.05) is 0 Å². The number of rotatable bonds is 6. The summed E-state index contributed by atoms with van der Waals surface area (Å²) in [5.74, 6) is 0.128. The van der Waals surface area contributed by atoms with Crippen molar-refractivity contribution < 1.29 is 34.1 Å². The Hall–Kier alpha value is -2.69. The number of benzene rings is 2. The van der Waals surface area contributed by atoms with Crippen LogP contribution in [0.5, 0.6) is 11.5 Å². The Labute approximate surface area is 181 Å². The molecule has 0 bridgehead atoms. The van der Waals surface area contributed by atoms with Gasteiger partial charge < -0.3 is 24.7 Å². The normalized spacial score (nSPS) is 17.8. The fourth-order valence-electron chi connectivity index (χ4n) is 3.99. The molecule has 1 aliphatic rings. The molecule has 0 aromatic heterocycles. The van der Waals surface area contributed by atoms with Crippen LogP contribution in [0.2, 0.25) is 0 Å². The molecule has 1 saturated carbocycles. The molecule has 168 valence electrons. The van der Waals surface area contributed by atoms with Gasteiger partial charge in [-0.3, -0.25) is 9.36 Å². The SMILES string of the molecule is CC#N.COc1ccc(C(c2ccc(OC)cc2)[C@@]2(P(=O)(O)O)CCCC2=O)cc1.O. The van der Waals surface area contributed by atoms with Gasteiger partial charge in [0.1, 0.15) is 16.7 Å². The van der Waals surface area contributed by atoms with Gasteiger partial charge in [-0.05, 0) is 48.2 Å². The minimum absolute atomic E-state index is 0. The van der Waals surface area contributed by atoms with Crippen LogP contribution in [-0.2, 0) is 9.36 Å². The molecule has 9 heteroatoms. The standard InChI is InChI=1S/C20H23O6P.C2H3N.H2O/c1-25-16-9-5-14(6-10-16)19(15-7-11-17(26-2)12-8-15)20(27(22,23)24)13-3-4-18(20)21;1-2-3;/h5-12,19H,3-4,13H2,1-2H3,(H2,22,23,24);1H3;1H2/t20-;;/m1../s1. The van der Waals surface area contributed by atoms with Gasteiger partial charge in [0.05, 0.1) is 20.3 Å². The Bertz CT molecular complexity index is 900. The van der Waals surface area contributed by atoms with Gasteiger partial charge in [-0.15, -0.1) is 0 Å². The molecule has 3 rings (SSSR count). The second-order valence-electron chi connectivity index (χ2n) is 6.95. The van der Waals surface area contributed by atoms with Crippen LogP contribution in [0.1, 0.15) is 43.2 Å². The second-order valence-corrected chi connectivity index (χ2v) is 8.83. The van der Waals surface area contributed by atoms with Gasteiger partial charge in [-0.1, -0.05) is 24.3 Å². The van der Waals surface area contributed by atoms with Crippen LogP contribution in [0.4, 0.5) is 0 Å².